The summed E-state index contributed by atoms with van der Waals surface area (Å²) in [4.78, 5) is 45.4. The molecule has 4 heterocycles. The Morgan fingerprint density at radius 1 is 1.14 bits per heavy atom. The number of carbonyl (C=O) groups excluding carboxylic acids is 2. The van der Waals surface area contributed by atoms with Gasteiger partial charge in [-0.25, -0.2) is 4.68 Å². The Kier molecular flexibility index (Phi) is 9.64. The number of carbonyl (C=O) groups is 2. The van der Waals surface area contributed by atoms with Crippen LogP contribution in [0.25, 0.3) is 16.6 Å². The number of allylic oxidation sites excluding steroid dienone is 3. The molecule has 2 saturated heterocycles. The van der Waals surface area contributed by atoms with Crippen LogP contribution in [0, 0.1) is 5.92 Å². The third-order valence-corrected chi connectivity index (χ3v) is 13.3. The summed E-state index contributed by atoms with van der Waals surface area (Å²) in [6.45, 7) is 12.1. The molecule has 2 N–H and O–H groups in total. The molecule has 5 atom stereocenters. The molecular formula is C38H49FN4O5Si. The van der Waals surface area contributed by atoms with E-state index in [0.717, 1.165) is 31.3 Å². The average Bonchev–Trinajstić information content (AvgIpc) is 3.79. The standard InChI is InChI=1S/C38H49FN4O5Si/c1-24(2)11-9-12-25(3)18-20-42-32-17-16-27(43-36(46)29-14-7-8-15-31(29)40-43)21-30(32)38(37(42)47)26(4)35(49(5,6)39)33(48-38)22-34(45)41-19-10-13-28(41)23-44/h7-8,11,14-18,21,26,28,33,35,40,44H,9-10,12-13,19-20,22-23H2,1-6H3/b25-18+/t26-,28+,33+,35-,38+/m1/s1. The van der Waals surface area contributed by atoms with E-state index < -0.39 is 31.6 Å². The number of hydrogen-bond acceptors (Lipinski definition) is 5. The second-order valence-corrected chi connectivity index (χ2v) is 18.6. The Labute approximate surface area is 288 Å². The molecule has 3 aliphatic rings. The normalized spacial score (nSPS) is 25.6. The molecule has 0 radical (unpaired) electrons. The molecule has 0 aliphatic carbocycles. The van der Waals surface area contributed by atoms with Crippen LogP contribution in [0.3, 0.4) is 0 Å². The Morgan fingerprint density at radius 2 is 1.90 bits per heavy atom. The van der Waals surface area contributed by atoms with Crippen molar-refractivity contribution < 1.29 is 23.5 Å². The van der Waals surface area contributed by atoms with Gasteiger partial charge in [0.25, 0.3) is 11.5 Å². The van der Waals surface area contributed by atoms with Crippen LogP contribution >= 0.6 is 0 Å². The molecule has 6 rings (SSSR count). The van der Waals surface area contributed by atoms with Crippen molar-refractivity contribution >= 4 is 36.8 Å². The summed E-state index contributed by atoms with van der Waals surface area (Å²) in [6.07, 6.45) is 6.64. The van der Waals surface area contributed by atoms with Crippen LogP contribution in [0.5, 0.6) is 0 Å². The average molecular weight is 689 g/mol. The number of fused-ring (bicyclic) bond motifs is 3. The van der Waals surface area contributed by atoms with E-state index in [9.17, 15) is 19.5 Å². The number of aromatic amines is 1. The van der Waals surface area contributed by atoms with Gasteiger partial charge in [-0.15, -0.1) is 0 Å². The van der Waals surface area contributed by atoms with Crippen molar-refractivity contribution in [1.29, 1.82) is 0 Å². The number of aliphatic hydroxyl groups is 1. The highest BCUT2D eigenvalue weighted by Crippen LogP contribution is 2.60. The Morgan fingerprint density at radius 3 is 2.59 bits per heavy atom. The molecule has 49 heavy (non-hydrogen) atoms. The molecule has 1 spiro atoms. The minimum atomic E-state index is -3.51. The third-order valence-electron chi connectivity index (χ3n) is 10.8. The highest BCUT2D eigenvalue weighted by Gasteiger charge is 2.67. The predicted molar refractivity (Wildman–Crippen MR) is 193 cm³/mol. The first-order chi connectivity index (χ1) is 23.3. The highest BCUT2D eigenvalue weighted by atomic mass is 28.4. The number of nitrogens with one attached hydrogen (secondary N) is 1. The SMILES string of the molecule is CC(C)=CCC/C(C)=C/CN1C(=O)[C@@]2(O[C@@H](CC(=O)N3CCC[C@H]3CO)[C@H]([Si](C)(C)F)[C@H]2C)c2cc(-n3[nH]c4ccccc4c3=O)ccc21. The number of likely N-dealkylation sites (tertiary alicyclic amines) is 1. The number of ether oxygens (including phenoxy) is 1. The van der Waals surface area contributed by atoms with Gasteiger partial charge in [-0.3, -0.25) is 19.5 Å². The second-order valence-electron chi connectivity index (χ2n) is 14.8. The number of benzene rings is 2. The maximum atomic E-state index is 16.5. The lowest BCUT2D eigenvalue weighted by molar-refractivity contribution is -0.149. The molecule has 2 amide bonds. The van der Waals surface area contributed by atoms with Crippen LogP contribution in [-0.4, -0.2) is 71.9 Å². The minimum absolute atomic E-state index is 0.0687. The lowest BCUT2D eigenvalue weighted by Gasteiger charge is -2.31. The predicted octanol–water partition coefficient (Wildman–Crippen LogP) is 6.51. The summed E-state index contributed by atoms with van der Waals surface area (Å²) in [5, 5.41) is 13.6. The molecule has 2 aromatic carbocycles. The molecule has 9 nitrogen and oxygen atoms in total. The Balaban J connectivity index is 1.43. The van der Waals surface area contributed by atoms with E-state index in [4.69, 9.17) is 4.74 Å². The number of nitrogens with zero attached hydrogens (tertiary/aromatic N) is 3. The summed E-state index contributed by atoms with van der Waals surface area (Å²) in [5.74, 6) is -1.06. The summed E-state index contributed by atoms with van der Waals surface area (Å²) < 4.78 is 24.8. The van der Waals surface area contributed by atoms with Gasteiger partial charge in [-0.1, -0.05) is 42.4 Å². The van der Waals surface area contributed by atoms with E-state index in [1.54, 1.807) is 29.0 Å². The summed E-state index contributed by atoms with van der Waals surface area (Å²) in [6, 6.07) is 12.5. The minimum Gasteiger partial charge on any atom is -0.394 e. The first-order valence-corrected chi connectivity index (χ1v) is 20.5. The van der Waals surface area contributed by atoms with Crippen LogP contribution < -0.4 is 10.5 Å². The molecule has 0 unspecified atom stereocenters. The fourth-order valence-electron chi connectivity index (χ4n) is 8.38. The van der Waals surface area contributed by atoms with Crippen LogP contribution in [0.1, 0.15) is 65.4 Å². The van der Waals surface area contributed by atoms with Crippen LogP contribution in [0.4, 0.5) is 9.80 Å². The van der Waals surface area contributed by atoms with E-state index in [-0.39, 0.29) is 36.4 Å². The van der Waals surface area contributed by atoms with Gasteiger partial charge in [0.1, 0.15) is 0 Å². The Hall–Kier alpha value is -3.80. The molecule has 0 saturated carbocycles. The van der Waals surface area contributed by atoms with Crippen molar-refractivity contribution in [3.05, 3.63) is 81.7 Å². The van der Waals surface area contributed by atoms with Crippen molar-refractivity contribution in [2.24, 2.45) is 5.92 Å². The Bertz CT molecular complexity index is 1870. The number of halogens is 1. The number of aliphatic hydroxyl groups excluding tert-OH is 1. The zero-order chi connectivity index (χ0) is 35.2. The van der Waals surface area contributed by atoms with Crippen LogP contribution in [0.15, 0.2) is 70.6 Å². The van der Waals surface area contributed by atoms with Crippen LogP contribution in [-0.2, 0) is 19.9 Å². The molecule has 262 valence electrons. The van der Waals surface area contributed by atoms with Crippen molar-refractivity contribution in [1.82, 2.24) is 14.7 Å². The summed E-state index contributed by atoms with van der Waals surface area (Å²) in [7, 11) is -3.51. The number of aromatic nitrogens is 2. The monoisotopic (exact) mass is 688 g/mol. The molecule has 3 aliphatic heterocycles. The van der Waals surface area contributed by atoms with Gasteiger partial charge in [0.2, 0.25) is 14.3 Å². The largest absolute Gasteiger partial charge is 0.394 e. The number of hydrogen-bond donors (Lipinski definition) is 2. The topological polar surface area (TPSA) is 108 Å². The summed E-state index contributed by atoms with van der Waals surface area (Å²) >= 11 is 0. The lowest BCUT2D eigenvalue weighted by Crippen LogP contribution is -2.45. The van der Waals surface area contributed by atoms with E-state index in [1.165, 1.54) is 10.3 Å². The van der Waals surface area contributed by atoms with Crippen LogP contribution in [0.2, 0.25) is 18.6 Å². The first kappa shape index (κ1) is 35.0. The number of amides is 2. The first-order valence-electron chi connectivity index (χ1n) is 17.5. The number of rotatable bonds is 10. The van der Waals surface area contributed by atoms with Crippen molar-refractivity contribution in [2.75, 3.05) is 24.6 Å². The van der Waals surface area contributed by atoms with E-state index in [1.807, 2.05) is 43.3 Å². The van der Waals surface area contributed by atoms with Gasteiger partial charge in [0.05, 0.1) is 47.5 Å². The zero-order valence-electron chi connectivity index (χ0n) is 29.5. The molecule has 3 aromatic rings. The van der Waals surface area contributed by atoms with Gasteiger partial charge in [-0.05, 0) is 89.9 Å². The van der Waals surface area contributed by atoms with E-state index in [0.29, 0.717) is 40.9 Å². The van der Waals surface area contributed by atoms with Gasteiger partial charge in [0, 0.05) is 30.1 Å². The number of H-pyrrole nitrogens is 1. The quantitative estimate of drug-likeness (QED) is 0.144. The van der Waals surface area contributed by atoms with E-state index in [2.05, 4.69) is 38.0 Å². The lowest BCUT2D eigenvalue weighted by atomic mass is 9.82. The molecule has 1 aromatic heterocycles. The second kappa shape index (κ2) is 13.5. The fraction of sp³-hybridized carbons (Fsp3) is 0.500. The fourth-order valence-corrected chi connectivity index (χ4v) is 10.9. The van der Waals surface area contributed by atoms with E-state index >= 15 is 4.11 Å². The van der Waals surface area contributed by atoms with Gasteiger partial charge in [-0.2, -0.15) is 0 Å². The molecule has 2 fully saturated rings. The maximum Gasteiger partial charge on any atom is 0.279 e. The van der Waals surface area contributed by atoms with Crippen molar-refractivity contribution in [2.45, 2.75) is 96.2 Å². The molecular weight excluding hydrogens is 640 g/mol. The molecule has 0 bridgehead atoms. The number of anilines is 1. The zero-order valence-corrected chi connectivity index (χ0v) is 30.5. The number of para-hydroxylation sites is 1. The van der Waals surface area contributed by atoms with Crippen molar-refractivity contribution in [3.8, 4) is 5.69 Å². The highest BCUT2D eigenvalue weighted by molar-refractivity contribution is 6.72. The maximum absolute atomic E-state index is 16.5. The molecule has 11 heteroatoms. The van der Waals surface area contributed by atoms with Crippen molar-refractivity contribution in [3.63, 3.8) is 0 Å². The summed E-state index contributed by atoms with van der Waals surface area (Å²) in [5.41, 5.74) is 2.45. The van der Waals surface area contributed by atoms with Gasteiger partial charge < -0.3 is 23.8 Å². The smallest absolute Gasteiger partial charge is 0.279 e. The third kappa shape index (κ3) is 6.25. The van der Waals surface area contributed by atoms with Gasteiger partial charge in [0.15, 0.2) is 5.60 Å². The van der Waals surface area contributed by atoms with Gasteiger partial charge >= 0.3 is 0 Å².